The first-order valence-corrected chi connectivity index (χ1v) is 8.64. The number of rotatable bonds is 4. The van der Waals surface area contributed by atoms with Crippen molar-refractivity contribution < 1.29 is 13.9 Å². The highest BCUT2D eigenvalue weighted by Gasteiger charge is 2.25. The number of hydrogen-bond donors (Lipinski definition) is 0. The van der Waals surface area contributed by atoms with Crippen molar-refractivity contribution in [3.63, 3.8) is 0 Å². The van der Waals surface area contributed by atoms with Crippen LogP contribution in [0.2, 0.25) is 0 Å². The molecule has 1 fully saturated rings. The van der Waals surface area contributed by atoms with Crippen molar-refractivity contribution in [1.29, 1.82) is 0 Å². The summed E-state index contributed by atoms with van der Waals surface area (Å²) in [7, 11) is 0. The minimum absolute atomic E-state index is 0.161. The minimum atomic E-state index is -0.395. The van der Waals surface area contributed by atoms with Crippen LogP contribution in [0.5, 0.6) is 5.88 Å². The first kappa shape index (κ1) is 15.8. The largest absolute Gasteiger partial charge is 0.405 e. The number of benzene rings is 2. The fourth-order valence-electron chi connectivity index (χ4n) is 3.52. The lowest BCUT2D eigenvalue weighted by Crippen LogP contribution is -2.12. The second-order valence-corrected chi connectivity index (χ2v) is 6.46. The van der Waals surface area contributed by atoms with Gasteiger partial charge in [0.1, 0.15) is 11.3 Å². The Labute approximate surface area is 145 Å². The molecular formula is C20H19FN2O2. The van der Waals surface area contributed by atoms with Gasteiger partial charge in [-0.15, -0.1) is 5.10 Å². The van der Waals surface area contributed by atoms with E-state index in [2.05, 4.69) is 5.10 Å². The van der Waals surface area contributed by atoms with Crippen molar-refractivity contribution in [3.8, 4) is 5.88 Å². The zero-order chi connectivity index (χ0) is 17.2. The van der Waals surface area contributed by atoms with Crippen molar-refractivity contribution >= 4 is 16.9 Å². The van der Waals surface area contributed by atoms with E-state index in [-0.39, 0.29) is 24.2 Å². The molecule has 0 aliphatic heterocycles. The molecule has 4 rings (SSSR count). The van der Waals surface area contributed by atoms with Gasteiger partial charge in [-0.05, 0) is 30.5 Å². The first-order chi connectivity index (χ1) is 12.2. The number of aromatic nitrogens is 2. The summed E-state index contributed by atoms with van der Waals surface area (Å²) < 4.78 is 21.6. The molecule has 4 nitrogen and oxygen atoms in total. The Morgan fingerprint density at radius 1 is 1.12 bits per heavy atom. The maximum absolute atomic E-state index is 14.4. The van der Waals surface area contributed by atoms with Crippen molar-refractivity contribution in [3.05, 3.63) is 59.9 Å². The third kappa shape index (κ3) is 3.14. The number of ether oxygens (including phenoxy) is 1. The topological polar surface area (TPSA) is 44.1 Å². The molecule has 0 radical (unpaired) electrons. The molecule has 2 aromatic carbocycles. The van der Waals surface area contributed by atoms with Crippen LogP contribution in [-0.4, -0.2) is 15.7 Å². The summed E-state index contributed by atoms with van der Waals surface area (Å²) in [5.41, 5.74) is 1.30. The maximum Gasteiger partial charge on any atom is 0.317 e. The van der Waals surface area contributed by atoms with E-state index < -0.39 is 5.97 Å². The van der Waals surface area contributed by atoms with E-state index in [9.17, 15) is 9.18 Å². The van der Waals surface area contributed by atoms with Gasteiger partial charge >= 0.3 is 5.97 Å². The summed E-state index contributed by atoms with van der Waals surface area (Å²) in [5, 5.41) is 5.00. The van der Waals surface area contributed by atoms with Crippen LogP contribution in [0, 0.1) is 5.82 Å². The average Bonchev–Trinajstić information content (AvgIpc) is 3.25. The SMILES string of the molecule is O=C(Cc1ccccc1)Oc1nn(C2CCCC2)c2c(F)cccc12. The molecule has 1 aromatic heterocycles. The average molecular weight is 338 g/mol. The molecular weight excluding hydrogens is 319 g/mol. The van der Waals surface area contributed by atoms with E-state index in [1.807, 2.05) is 30.3 Å². The molecule has 1 aliphatic rings. The highest BCUT2D eigenvalue weighted by molar-refractivity contribution is 5.88. The zero-order valence-electron chi connectivity index (χ0n) is 13.8. The molecule has 1 saturated carbocycles. The number of fused-ring (bicyclic) bond motifs is 1. The molecule has 1 aliphatic carbocycles. The number of halogens is 1. The Hall–Kier alpha value is -2.69. The minimum Gasteiger partial charge on any atom is -0.405 e. The lowest BCUT2D eigenvalue weighted by Gasteiger charge is -2.11. The van der Waals surface area contributed by atoms with Gasteiger partial charge in [0.05, 0.1) is 17.8 Å². The Bertz CT molecular complexity index is 899. The molecule has 0 N–H and O–H groups in total. The Kier molecular flexibility index (Phi) is 4.22. The molecule has 1 heterocycles. The zero-order valence-corrected chi connectivity index (χ0v) is 13.8. The van der Waals surface area contributed by atoms with E-state index >= 15 is 0 Å². The van der Waals surface area contributed by atoms with E-state index in [4.69, 9.17) is 4.74 Å². The van der Waals surface area contributed by atoms with Gasteiger partial charge in [-0.2, -0.15) is 0 Å². The van der Waals surface area contributed by atoms with Crippen LogP contribution in [0.1, 0.15) is 37.3 Å². The smallest absolute Gasteiger partial charge is 0.317 e. The molecule has 0 amide bonds. The summed E-state index contributed by atoms with van der Waals surface area (Å²) in [6.45, 7) is 0. The standard InChI is InChI=1S/C20H19FN2O2/c21-17-12-6-11-16-19(17)23(15-9-4-5-10-15)22-20(16)25-18(24)13-14-7-2-1-3-8-14/h1-3,6-8,11-12,15H,4-5,9-10,13H2. The fraction of sp³-hybridized carbons (Fsp3) is 0.300. The molecule has 0 bridgehead atoms. The maximum atomic E-state index is 14.4. The van der Waals surface area contributed by atoms with Crippen LogP contribution in [0.3, 0.4) is 0 Å². The van der Waals surface area contributed by atoms with Crippen molar-refractivity contribution in [2.24, 2.45) is 0 Å². The van der Waals surface area contributed by atoms with Gasteiger partial charge < -0.3 is 4.74 Å². The highest BCUT2D eigenvalue weighted by Crippen LogP contribution is 2.36. The molecule has 0 spiro atoms. The Balaban J connectivity index is 1.65. The molecule has 5 heteroatoms. The van der Waals surface area contributed by atoms with Gasteiger partial charge in [-0.1, -0.05) is 49.2 Å². The number of hydrogen-bond acceptors (Lipinski definition) is 3. The van der Waals surface area contributed by atoms with E-state index in [1.165, 1.54) is 6.07 Å². The predicted molar refractivity (Wildman–Crippen MR) is 93.0 cm³/mol. The highest BCUT2D eigenvalue weighted by atomic mass is 19.1. The van der Waals surface area contributed by atoms with Gasteiger partial charge in [0.2, 0.25) is 5.88 Å². The summed E-state index contributed by atoms with van der Waals surface area (Å²) in [6, 6.07) is 14.4. The van der Waals surface area contributed by atoms with Gasteiger partial charge in [0.25, 0.3) is 0 Å². The molecule has 0 unspecified atom stereocenters. The lowest BCUT2D eigenvalue weighted by atomic mass is 10.1. The monoisotopic (exact) mass is 338 g/mol. The van der Waals surface area contributed by atoms with Crippen LogP contribution >= 0.6 is 0 Å². The second kappa shape index (κ2) is 6.67. The second-order valence-electron chi connectivity index (χ2n) is 6.46. The molecule has 0 atom stereocenters. The van der Waals surface area contributed by atoms with Crippen molar-refractivity contribution in [1.82, 2.24) is 9.78 Å². The van der Waals surface area contributed by atoms with Crippen LogP contribution in [-0.2, 0) is 11.2 Å². The third-order valence-electron chi connectivity index (χ3n) is 4.72. The van der Waals surface area contributed by atoms with Crippen molar-refractivity contribution in [2.45, 2.75) is 38.1 Å². The molecule has 128 valence electrons. The van der Waals surface area contributed by atoms with Crippen LogP contribution in [0.4, 0.5) is 4.39 Å². The van der Waals surface area contributed by atoms with Crippen LogP contribution in [0.25, 0.3) is 10.9 Å². The summed E-state index contributed by atoms with van der Waals surface area (Å²) in [5.74, 6) is -0.530. The summed E-state index contributed by atoms with van der Waals surface area (Å²) in [4.78, 5) is 12.3. The van der Waals surface area contributed by atoms with Crippen molar-refractivity contribution in [2.75, 3.05) is 0 Å². The Morgan fingerprint density at radius 2 is 1.88 bits per heavy atom. The van der Waals surface area contributed by atoms with E-state index in [1.54, 1.807) is 16.8 Å². The van der Waals surface area contributed by atoms with Crippen LogP contribution in [0.15, 0.2) is 48.5 Å². The van der Waals surface area contributed by atoms with E-state index in [0.29, 0.717) is 10.9 Å². The van der Waals surface area contributed by atoms with Gasteiger partial charge in [0, 0.05) is 0 Å². The van der Waals surface area contributed by atoms with Gasteiger partial charge in [0.15, 0.2) is 0 Å². The first-order valence-electron chi connectivity index (χ1n) is 8.64. The Morgan fingerprint density at radius 3 is 2.64 bits per heavy atom. The predicted octanol–water partition coefficient (Wildman–Crippen LogP) is 4.44. The quantitative estimate of drug-likeness (QED) is 0.661. The lowest BCUT2D eigenvalue weighted by molar-refractivity contribution is -0.133. The number of carbonyl (C=O) groups is 1. The third-order valence-corrected chi connectivity index (χ3v) is 4.72. The number of carbonyl (C=O) groups excluding carboxylic acids is 1. The molecule has 0 saturated heterocycles. The molecule has 3 aromatic rings. The normalized spacial score (nSPS) is 14.9. The van der Waals surface area contributed by atoms with Gasteiger partial charge in [-0.3, -0.25) is 9.48 Å². The number of nitrogens with zero attached hydrogens (tertiary/aromatic N) is 2. The summed E-state index contributed by atoms with van der Waals surface area (Å²) in [6.07, 6.45) is 4.34. The number of para-hydroxylation sites is 1. The fourth-order valence-corrected chi connectivity index (χ4v) is 3.52. The van der Waals surface area contributed by atoms with Gasteiger partial charge in [-0.25, -0.2) is 4.39 Å². The summed E-state index contributed by atoms with van der Waals surface area (Å²) >= 11 is 0. The molecule has 25 heavy (non-hydrogen) atoms. The number of esters is 1. The van der Waals surface area contributed by atoms with Crippen LogP contribution < -0.4 is 4.74 Å². The van der Waals surface area contributed by atoms with E-state index in [0.717, 1.165) is 31.2 Å².